The lowest BCUT2D eigenvalue weighted by molar-refractivity contribution is -0.125. The number of rotatable bonds is 8. The maximum atomic E-state index is 13.2. The zero-order chi connectivity index (χ0) is 22.4. The number of hydrogen-bond donors (Lipinski definition) is 3. The number of para-hydroxylation sites is 2. The molecule has 0 saturated heterocycles. The van der Waals surface area contributed by atoms with Crippen molar-refractivity contribution in [3.63, 3.8) is 0 Å². The van der Waals surface area contributed by atoms with Crippen molar-refractivity contribution in [2.75, 3.05) is 18.1 Å². The molecule has 2 aromatic carbocycles. The smallest absolute Gasteiger partial charge is 0.270 e. The summed E-state index contributed by atoms with van der Waals surface area (Å²) in [7, 11) is 0. The molecule has 0 bridgehead atoms. The minimum absolute atomic E-state index is 0.0810. The lowest BCUT2D eigenvalue weighted by Crippen LogP contribution is -2.36. The topological polar surface area (TPSA) is 94.8 Å². The largest absolute Gasteiger partial charge is 0.395 e. The number of carbonyl (C=O) groups is 2. The minimum Gasteiger partial charge on any atom is -0.395 e. The molecule has 0 radical (unpaired) electrons. The summed E-state index contributed by atoms with van der Waals surface area (Å²) in [6.45, 7) is 3.75. The number of benzene rings is 2. The van der Waals surface area contributed by atoms with E-state index in [0.717, 1.165) is 27.7 Å². The highest BCUT2D eigenvalue weighted by Gasteiger charge is 2.20. The van der Waals surface area contributed by atoms with Crippen molar-refractivity contribution in [3.05, 3.63) is 71.9 Å². The second kappa shape index (κ2) is 10.1. The first kappa shape index (κ1) is 22.3. The van der Waals surface area contributed by atoms with Crippen LogP contribution in [0, 0.1) is 0 Å². The lowest BCUT2D eigenvalue weighted by atomic mass is 9.97. The van der Waals surface area contributed by atoms with Crippen LogP contribution in [-0.2, 0) is 16.1 Å². The fourth-order valence-electron chi connectivity index (χ4n) is 3.83. The molecule has 31 heavy (non-hydrogen) atoms. The van der Waals surface area contributed by atoms with Crippen LogP contribution in [-0.4, -0.2) is 39.8 Å². The molecule has 0 atom stereocenters. The van der Waals surface area contributed by atoms with Crippen LogP contribution in [0.3, 0.4) is 0 Å². The molecule has 0 spiro atoms. The highest BCUT2D eigenvalue weighted by Crippen LogP contribution is 2.31. The Morgan fingerprint density at radius 2 is 1.74 bits per heavy atom. The highest BCUT2D eigenvalue weighted by molar-refractivity contribution is 6.04. The van der Waals surface area contributed by atoms with Crippen LogP contribution >= 0.6 is 0 Å². The number of hydroxylamine groups is 1. The van der Waals surface area contributed by atoms with Crippen LogP contribution in [0.15, 0.2) is 66.4 Å². The standard InChI is InChI=1S/C24H27N3O4/c1-3-19(17(2)24(30)25-31)21-15-26(22-12-8-7-11-20(21)22)16-23(29)27(13-14-28)18-9-5-4-6-10-18/h4-12,15,28,31H,3,13-14,16H2,1-2H3,(H,25,30)/b19-17-. The van der Waals surface area contributed by atoms with Gasteiger partial charge in [-0.15, -0.1) is 0 Å². The van der Waals surface area contributed by atoms with Gasteiger partial charge in [0, 0.05) is 40.5 Å². The van der Waals surface area contributed by atoms with Gasteiger partial charge in [-0.25, -0.2) is 5.48 Å². The summed E-state index contributed by atoms with van der Waals surface area (Å²) in [4.78, 5) is 26.7. The number of carbonyl (C=O) groups excluding carboxylic acids is 2. The Kier molecular flexibility index (Phi) is 7.23. The first-order chi connectivity index (χ1) is 15.0. The minimum atomic E-state index is -0.553. The SMILES string of the molecule is CC/C(=C(\C)C(=O)NO)c1cn(CC(=O)N(CCO)c2ccccc2)c2ccccc12. The van der Waals surface area contributed by atoms with Gasteiger partial charge in [0.15, 0.2) is 0 Å². The average molecular weight is 421 g/mol. The number of aliphatic hydroxyl groups is 1. The molecule has 3 N–H and O–H groups in total. The Balaban J connectivity index is 2.04. The van der Waals surface area contributed by atoms with Crippen molar-refractivity contribution in [2.24, 2.45) is 0 Å². The molecule has 0 aliphatic rings. The normalized spacial score (nSPS) is 11.9. The molecule has 1 aromatic heterocycles. The molecular weight excluding hydrogens is 394 g/mol. The quantitative estimate of drug-likeness (QED) is 0.295. The molecule has 2 amide bonds. The summed E-state index contributed by atoms with van der Waals surface area (Å²) in [5.74, 6) is -0.706. The number of aromatic nitrogens is 1. The summed E-state index contributed by atoms with van der Waals surface area (Å²) < 4.78 is 1.86. The summed E-state index contributed by atoms with van der Waals surface area (Å²) in [5, 5.41) is 19.4. The molecule has 0 aliphatic heterocycles. The maximum absolute atomic E-state index is 13.2. The molecule has 0 aliphatic carbocycles. The van der Waals surface area contributed by atoms with Gasteiger partial charge in [-0.3, -0.25) is 14.8 Å². The van der Waals surface area contributed by atoms with E-state index in [0.29, 0.717) is 12.0 Å². The van der Waals surface area contributed by atoms with Crippen LogP contribution in [0.2, 0.25) is 0 Å². The van der Waals surface area contributed by atoms with Crippen molar-refractivity contribution in [1.29, 1.82) is 0 Å². The van der Waals surface area contributed by atoms with E-state index >= 15 is 0 Å². The third-order valence-corrected chi connectivity index (χ3v) is 5.36. The third-order valence-electron chi connectivity index (χ3n) is 5.36. The Morgan fingerprint density at radius 1 is 1.06 bits per heavy atom. The van der Waals surface area contributed by atoms with E-state index in [4.69, 9.17) is 5.21 Å². The summed E-state index contributed by atoms with van der Waals surface area (Å²) in [6.07, 6.45) is 2.46. The fraction of sp³-hybridized carbons (Fsp3) is 0.250. The van der Waals surface area contributed by atoms with Gasteiger partial charge in [0.1, 0.15) is 6.54 Å². The van der Waals surface area contributed by atoms with Crippen molar-refractivity contribution in [3.8, 4) is 0 Å². The number of allylic oxidation sites excluding steroid dienone is 1. The van der Waals surface area contributed by atoms with Crippen LogP contribution < -0.4 is 10.4 Å². The Bertz CT molecular complexity index is 1100. The Labute approximate surface area is 181 Å². The van der Waals surface area contributed by atoms with Crippen LogP contribution in [0.25, 0.3) is 16.5 Å². The average Bonchev–Trinajstić information content (AvgIpc) is 3.16. The Morgan fingerprint density at radius 3 is 2.39 bits per heavy atom. The number of nitrogens with one attached hydrogen (secondary N) is 1. The van der Waals surface area contributed by atoms with Gasteiger partial charge in [0.2, 0.25) is 5.91 Å². The van der Waals surface area contributed by atoms with E-state index in [1.54, 1.807) is 17.3 Å². The zero-order valence-corrected chi connectivity index (χ0v) is 17.7. The molecule has 0 saturated carbocycles. The number of anilines is 1. The predicted molar refractivity (Wildman–Crippen MR) is 121 cm³/mol. The van der Waals surface area contributed by atoms with Crippen molar-refractivity contribution >= 4 is 34.0 Å². The van der Waals surface area contributed by atoms with E-state index in [-0.39, 0.29) is 25.6 Å². The molecule has 3 aromatic rings. The monoisotopic (exact) mass is 421 g/mol. The van der Waals surface area contributed by atoms with Gasteiger partial charge >= 0.3 is 0 Å². The van der Waals surface area contributed by atoms with Gasteiger partial charge in [0.05, 0.1) is 6.61 Å². The zero-order valence-electron chi connectivity index (χ0n) is 17.7. The van der Waals surface area contributed by atoms with Gasteiger partial charge in [-0.1, -0.05) is 43.3 Å². The van der Waals surface area contributed by atoms with Gasteiger partial charge in [-0.05, 0) is 37.1 Å². The van der Waals surface area contributed by atoms with Crippen LogP contribution in [0.1, 0.15) is 25.8 Å². The number of nitrogens with zero attached hydrogens (tertiary/aromatic N) is 2. The second-order valence-corrected chi connectivity index (χ2v) is 7.19. The molecule has 0 unspecified atom stereocenters. The van der Waals surface area contributed by atoms with Crippen molar-refractivity contribution < 1.29 is 19.9 Å². The number of hydrogen-bond acceptors (Lipinski definition) is 4. The molecule has 1 heterocycles. The lowest BCUT2D eigenvalue weighted by Gasteiger charge is -2.22. The molecule has 7 heteroatoms. The summed E-state index contributed by atoms with van der Waals surface area (Å²) in [5.41, 5.74) is 5.35. The van der Waals surface area contributed by atoms with E-state index in [9.17, 15) is 14.7 Å². The first-order valence-electron chi connectivity index (χ1n) is 10.2. The third kappa shape index (κ3) is 4.68. The van der Waals surface area contributed by atoms with Gasteiger partial charge in [0.25, 0.3) is 5.91 Å². The molecule has 3 rings (SSSR count). The van der Waals surface area contributed by atoms with Crippen molar-refractivity contribution in [2.45, 2.75) is 26.8 Å². The number of aliphatic hydroxyl groups excluding tert-OH is 1. The van der Waals surface area contributed by atoms with E-state index < -0.39 is 5.91 Å². The van der Waals surface area contributed by atoms with Gasteiger partial charge in [-0.2, -0.15) is 0 Å². The van der Waals surface area contributed by atoms with E-state index in [2.05, 4.69) is 0 Å². The molecule has 162 valence electrons. The molecule has 0 fully saturated rings. The first-order valence-corrected chi connectivity index (χ1v) is 10.2. The van der Waals surface area contributed by atoms with E-state index in [1.807, 2.05) is 72.3 Å². The summed E-state index contributed by atoms with van der Waals surface area (Å²) in [6, 6.07) is 16.9. The van der Waals surface area contributed by atoms with Gasteiger partial charge < -0.3 is 14.6 Å². The fourth-order valence-corrected chi connectivity index (χ4v) is 3.83. The Hall–Kier alpha value is -3.42. The maximum Gasteiger partial charge on any atom is 0.270 e. The predicted octanol–water partition coefficient (Wildman–Crippen LogP) is 3.36. The summed E-state index contributed by atoms with van der Waals surface area (Å²) >= 11 is 0. The second-order valence-electron chi connectivity index (χ2n) is 7.19. The number of fused-ring (bicyclic) bond motifs is 1. The van der Waals surface area contributed by atoms with E-state index in [1.165, 1.54) is 0 Å². The van der Waals surface area contributed by atoms with Crippen LogP contribution in [0.5, 0.6) is 0 Å². The highest BCUT2D eigenvalue weighted by atomic mass is 16.5. The number of amides is 2. The van der Waals surface area contributed by atoms with Crippen molar-refractivity contribution in [1.82, 2.24) is 10.0 Å². The molecular formula is C24H27N3O4. The van der Waals surface area contributed by atoms with Crippen LogP contribution in [0.4, 0.5) is 5.69 Å². The molecule has 7 nitrogen and oxygen atoms in total.